The molecule has 4 nitrogen and oxygen atoms in total. The maximum Gasteiger partial charge on any atom is 0.267 e. The second kappa shape index (κ2) is 18.9. The van der Waals surface area contributed by atoms with Crippen LogP contribution in [0.15, 0.2) is 0 Å². The molecule has 0 aromatic heterocycles. The van der Waals surface area contributed by atoms with Gasteiger partial charge in [0.25, 0.3) is 10.1 Å². The molecule has 0 spiro atoms. The van der Waals surface area contributed by atoms with Gasteiger partial charge in [-0.2, -0.15) is 8.42 Å². The standard InChI is InChI=1S/C23H48O4S/c1-3-5-7-11-16-20-23(28(25,26)27)21-17-13-10-9-12-15-19-22(24)18-14-8-6-4-2/h22-24H,3-21H2,1-2H3,(H,25,26,27). The molecule has 2 N–H and O–H groups in total. The van der Waals surface area contributed by atoms with Gasteiger partial charge in [0.15, 0.2) is 0 Å². The minimum atomic E-state index is -3.91. The average Bonchev–Trinajstić information content (AvgIpc) is 2.64. The van der Waals surface area contributed by atoms with Gasteiger partial charge in [0.1, 0.15) is 0 Å². The Morgan fingerprint density at radius 3 is 1.29 bits per heavy atom. The fourth-order valence-corrected chi connectivity index (χ4v) is 4.76. The minimum absolute atomic E-state index is 0.135. The summed E-state index contributed by atoms with van der Waals surface area (Å²) in [6.07, 6.45) is 19.7. The van der Waals surface area contributed by atoms with Gasteiger partial charge < -0.3 is 5.11 Å². The lowest BCUT2D eigenvalue weighted by molar-refractivity contribution is 0.147. The summed E-state index contributed by atoms with van der Waals surface area (Å²) in [5.41, 5.74) is 0. The van der Waals surface area contributed by atoms with Crippen molar-refractivity contribution in [3.63, 3.8) is 0 Å². The van der Waals surface area contributed by atoms with E-state index in [1.165, 1.54) is 32.1 Å². The van der Waals surface area contributed by atoms with Gasteiger partial charge in [0, 0.05) is 0 Å². The number of hydrogen-bond acceptors (Lipinski definition) is 3. The average molecular weight is 421 g/mol. The third kappa shape index (κ3) is 17.9. The number of aliphatic hydroxyl groups excluding tert-OH is 1. The highest BCUT2D eigenvalue weighted by molar-refractivity contribution is 7.86. The highest BCUT2D eigenvalue weighted by atomic mass is 32.2. The Hall–Kier alpha value is -0.130. The molecule has 0 radical (unpaired) electrons. The SMILES string of the molecule is CCCCCCCC(CCCCCCCCC(O)CCCCCC)S(=O)(=O)O. The molecule has 2 unspecified atom stereocenters. The van der Waals surface area contributed by atoms with E-state index in [2.05, 4.69) is 13.8 Å². The van der Waals surface area contributed by atoms with Gasteiger partial charge in [0.2, 0.25) is 0 Å². The number of hydrogen-bond donors (Lipinski definition) is 2. The molecule has 0 fully saturated rings. The molecule has 2 atom stereocenters. The molecule has 0 aliphatic heterocycles. The van der Waals surface area contributed by atoms with Gasteiger partial charge >= 0.3 is 0 Å². The smallest absolute Gasteiger partial charge is 0.267 e. The van der Waals surface area contributed by atoms with Gasteiger partial charge in [-0.1, -0.05) is 110 Å². The molecule has 0 rings (SSSR count). The molecule has 0 aromatic carbocycles. The molecule has 0 aliphatic rings. The Morgan fingerprint density at radius 2 is 0.893 bits per heavy atom. The van der Waals surface area contributed by atoms with E-state index in [-0.39, 0.29) is 6.10 Å². The second-order valence-corrected chi connectivity index (χ2v) is 10.2. The Balaban J connectivity index is 3.66. The predicted octanol–water partition coefficient (Wildman–Crippen LogP) is 7.06. The van der Waals surface area contributed by atoms with Crippen molar-refractivity contribution in [2.24, 2.45) is 0 Å². The molecule has 0 bridgehead atoms. The van der Waals surface area contributed by atoms with Crippen LogP contribution in [-0.4, -0.2) is 29.4 Å². The summed E-state index contributed by atoms with van der Waals surface area (Å²) >= 11 is 0. The summed E-state index contributed by atoms with van der Waals surface area (Å²) in [7, 11) is -3.91. The first-order chi connectivity index (χ1) is 13.4. The van der Waals surface area contributed by atoms with Crippen molar-refractivity contribution in [1.29, 1.82) is 0 Å². The first-order valence-corrected chi connectivity index (χ1v) is 13.6. The van der Waals surface area contributed by atoms with E-state index in [0.29, 0.717) is 12.8 Å². The third-order valence-electron chi connectivity index (χ3n) is 5.76. The van der Waals surface area contributed by atoms with E-state index < -0.39 is 15.4 Å². The summed E-state index contributed by atoms with van der Waals surface area (Å²) in [4.78, 5) is 0. The van der Waals surface area contributed by atoms with Crippen LogP contribution in [0.3, 0.4) is 0 Å². The summed E-state index contributed by atoms with van der Waals surface area (Å²) in [5, 5.41) is 9.39. The van der Waals surface area contributed by atoms with Crippen LogP contribution in [0.1, 0.15) is 136 Å². The molecular weight excluding hydrogens is 372 g/mol. The maximum absolute atomic E-state index is 11.6. The minimum Gasteiger partial charge on any atom is -0.393 e. The lowest BCUT2D eigenvalue weighted by Gasteiger charge is -2.14. The first-order valence-electron chi connectivity index (χ1n) is 12.1. The zero-order valence-corrected chi connectivity index (χ0v) is 19.5. The molecule has 0 saturated carbocycles. The normalized spacial score (nSPS) is 14.3. The van der Waals surface area contributed by atoms with Gasteiger partial charge in [0.05, 0.1) is 11.4 Å². The molecule has 5 heteroatoms. The zero-order valence-electron chi connectivity index (χ0n) is 18.7. The van der Waals surface area contributed by atoms with Gasteiger partial charge in [-0.05, 0) is 25.7 Å². The van der Waals surface area contributed by atoms with Gasteiger partial charge in [-0.25, -0.2) is 0 Å². The quantitative estimate of drug-likeness (QED) is 0.154. The number of rotatable bonds is 21. The highest BCUT2D eigenvalue weighted by Gasteiger charge is 2.21. The van der Waals surface area contributed by atoms with Crippen LogP contribution < -0.4 is 0 Å². The lowest BCUT2D eigenvalue weighted by atomic mass is 10.0. The van der Waals surface area contributed by atoms with Crippen molar-refractivity contribution in [2.75, 3.05) is 0 Å². The van der Waals surface area contributed by atoms with Crippen LogP contribution in [-0.2, 0) is 10.1 Å². The van der Waals surface area contributed by atoms with Crippen molar-refractivity contribution < 1.29 is 18.1 Å². The van der Waals surface area contributed by atoms with Crippen molar-refractivity contribution in [3.8, 4) is 0 Å². The van der Waals surface area contributed by atoms with Crippen LogP contribution in [0, 0.1) is 0 Å². The fraction of sp³-hybridized carbons (Fsp3) is 1.00. The third-order valence-corrected chi connectivity index (χ3v) is 7.07. The van der Waals surface area contributed by atoms with Crippen LogP contribution in [0.25, 0.3) is 0 Å². The molecule has 170 valence electrons. The molecule has 0 saturated heterocycles. The van der Waals surface area contributed by atoms with E-state index in [1.54, 1.807) is 0 Å². The molecule has 0 aromatic rings. The van der Waals surface area contributed by atoms with E-state index in [0.717, 1.165) is 77.0 Å². The summed E-state index contributed by atoms with van der Waals surface area (Å²) in [6.45, 7) is 4.37. The Morgan fingerprint density at radius 1 is 0.571 bits per heavy atom. The Bertz CT molecular complexity index is 422. The molecule has 0 aliphatic carbocycles. The topological polar surface area (TPSA) is 74.6 Å². The largest absolute Gasteiger partial charge is 0.393 e. The van der Waals surface area contributed by atoms with E-state index in [1.807, 2.05) is 0 Å². The summed E-state index contributed by atoms with van der Waals surface area (Å²) < 4.78 is 32.6. The highest BCUT2D eigenvalue weighted by Crippen LogP contribution is 2.19. The fourth-order valence-electron chi connectivity index (χ4n) is 3.83. The Labute approximate surface area is 175 Å². The van der Waals surface area contributed by atoms with Crippen LogP contribution in [0.2, 0.25) is 0 Å². The molecule has 0 heterocycles. The van der Waals surface area contributed by atoms with Gasteiger partial charge in [-0.3, -0.25) is 4.55 Å². The van der Waals surface area contributed by atoms with Crippen LogP contribution in [0.5, 0.6) is 0 Å². The Kier molecular flexibility index (Phi) is 18.8. The van der Waals surface area contributed by atoms with Crippen molar-refractivity contribution >= 4 is 10.1 Å². The van der Waals surface area contributed by atoms with Crippen molar-refractivity contribution in [2.45, 2.75) is 147 Å². The summed E-state index contributed by atoms with van der Waals surface area (Å²) in [6, 6.07) is 0. The molecular formula is C23H48O4S. The molecule has 0 amide bonds. The zero-order chi connectivity index (χ0) is 21.1. The van der Waals surface area contributed by atoms with Gasteiger partial charge in [-0.15, -0.1) is 0 Å². The lowest BCUT2D eigenvalue weighted by Crippen LogP contribution is -2.20. The second-order valence-electron chi connectivity index (χ2n) is 8.54. The summed E-state index contributed by atoms with van der Waals surface area (Å²) in [5.74, 6) is 0. The maximum atomic E-state index is 11.6. The monoisotopic (exact) mass is 420 g/mol. The number of unbranched alkanes of at least 4 members (excludes halogenated alkanes) is 12. The molecule has 28 heavy (non-hydrogen) atoms. The van der Waals surface area contributed by atoms with E-state index >= 15 is 0 Å². The van der Waals surface area contributed by atoms with Crippen molar-refractivity contribution in [3.05, 3.63) is 0 Å². The van der Waals surface area contributed by atoms with E-state index in [9.17, 15) is 18.1 Å². The van der Waals surface area contributed by atoms with Crippen molar-refractivity contribution in [1.82, 2.24) is 0 Å². The first kappa shape index (κ1) is 27.9. The van der Waals surface area contributed by atoms with Crippen LogP contribution >= 0.6 is 0 Å². The predicted molar refractivity (Wildman–Crippen MR) is 120 cm³/mol. The number of aliphatic hydroxyl groups is 1. The van der Waals surface area contributed by atoms with Crippen LogP contribution in [0.4, 0.5) is 0 Å². The van der Waals surface area contributed by atoms with E-state index in [4.69, 9.17) is 0 Å².